The number of rotatable bonds is 10. The van der Waals surface area contributed by atoms with Crippen LogP contribution in [0.1, 0.15) is 57.6 Å². The fourth-order valence-corrected chi connectivity index (χ4v) is 3.02. The van der Waals surface area contributed by atoms with Crippen molar-refractivity contribution in [3.63, 3.8) is 0 Å². The number of aryl methyl sites for hydroxylation is 1. The molecule has 1 N–H and O–H groups in total. The van der Waals surface area contributed by atoms with E-state index in [0.29, 0.717) is 12.5 Å². The summed E-state index contributed by atoms with van der Waals surface area (Å²) in [5.41, 5.74) is 5.41. The van der Waals surface area contributed by atoms with Crippen molar-refractivity contribution in [2.45, 2.75) is 53.4 Å². The number of unbranched alkanes of at least 4 members (excludes halogenated alkanes) is 2. The Morgan fingerprint density at radius 1 is 1.19 bits per heavy atom. The fourth-order valence-electron chi connectivity index (χ4n) is 3.02. The van der Waals surface area contributed by atoms with E-state index in [1.54, 1.807) is 0 Å². The summed E-state index contributed by atoms with van der Waals surface area (Å²) in [5, 5.41) is 3.43. The highest BCUT2D eigenvalue weighted by molar-refractivity contribution is 5.93. The van der Waals surface area contributed by atoms with Crippen LogP contribution in [0.25, 0.3) is 5.70 Å². The summed E-state index contributed by atoms with van der Waals surface area (Å²) in [6, 6.07) is 8.55. The highest BCUT2D eigenvalue weighted by Gasteiger charge is 2.20. The van der Waals surface area contributed by atoms with Gasteiger partial charge in [0.05, 0.1) is 12.2 Å². The van der Waals surface area contributed by atoms with Crippen molar-refractivity contribution in [3.8, 4) is 0 Å². The predicted molar refractivity (Wildman–Crippen MR) is 119 cm³/mol. The molecule has 1 aliphatic rings. The third-order valence-corrected chi connectivity index (χ3v) is 4.67. The third-order valence-electron chi connectivity index (χ3n) is 4.67. The topological polar surface area (TPSA) is 27.6 Å². The van der Waals surface area contributed by atoms with Gasteiger partial charge in [0.25, 0.3) is 0 Å². The molecule has 0 aromatic heterocycles. The Kier molecular flexibility index (Phi) is 7.90. The second kappa shape index (κ2) is 10.1. The van der Waals surface area contributed by atoms with Crippen molar-refractivity contribution in [3.05, 3.63) is 66.0 Å². The monoisotopic (exact) mass is 365 g/mol. The molecular weight excluding hydrogens is 330 g/mol. The van der Waals surface area contributed by atoms with Crippen LogP contribution in [0, 0.1) is 12.8 Å². The van der Waals surface area contributed by atoms with Crippen LogP contribution in [-0.4, -0.2) is 23.8 Å². The molecule has 0 saturated carbocycles. The van der Waals surface area contributed by atoms with Gasteiger partial charge in [-0.3, -0.25) is 0 Å². The molecular formula is C24H35N3. The molecule has 0 spiro atoms. The molecule has 0 radical (unpaired) electrons. The number of benzene rings is 1. The summed E-state index contributed by atoms with van der Waals surface area (Å²) in [6.07, 6.45) is 6.62. The van der Waals surface area contributed by atoms with Crippen molar-refractivity contribution in [1.82, 2.24) is 10.2 Å². The van der Waals surface area contributed by atoms with Crippen LogP contribution in [0.2, 0.25) is 0 Å². The van der Waals surface area contributed by atoms with Gasteiger partial charge >= 0.3 is 0 Å². The first kappa shape index (κ1) is 21.0. The smallest absolute Gasteiger partial charge is 0.110 e. The summed E-state index contributed by atoms with van der Waals surface area (Å²) in [4.78, 5) is 7.22. The minimum atomic E-state index is 0.594. The molecule has 0 bridgehead atoms. The first-order chi connectivity index (χ1) is 12.9. The molecule has 3 heteroatoms. The highest BCUT2D eigenvalue weighted by Crippen LogP contribution is 2.27. The van der Waals surface area contributed by atoms with Crippen LogP contribution in [0.5, 0.6) is 0 Å². The zero-order valence-electron chi connectivity index (χ0n) is 17.5. The Bertz CT molecular complexity index is 708. The molecule has 0 amide bonds. The van der Waals surface area contributed by atoms with E-state index in [-0.39, 0.29) is 0 Å². The van der Waals surface area contributed by atoms with Crippen LogP contribution in [0.4, 0.5) is 0 Å². The lowest BCUT2D eigenvalue weighted by atomic mass is 10.1. The molecule has 1 aromatic carbocycles. The Balaban J connectivity index is 2.18. The van der Waals surface area contributed by atoms with Gasteiger partial charge in [0.1, 0.15) is 5.84 Å². The number of hydrogen-bond donors (Lipinski definition) is 1. The van der Waals surface area contributed by atoms with Crippen LogP contribution in [0.15, 0.2) is 59.9 Å². The molecule has 146 valence electrons. The van der Waals surface area contributed by atoms with Gasteiger partial charge in [0, 0.05) is 29.9 Å². The van der Waals surface area contributed by atoms with Gasteiger partial charge in [-0.15, -0.1) is 0 Å². The van der Waals surface area contributed by atoms with Crippen LogP contribution < -0.4 is 5.32 Å². The maximum Gasteiger partial charge on any atom is 0.110 e. The molecule has 3 nitrogen and oxygen atoms in total. The van der Waals surface area contributed by atoms with Crippen LogP contribution in [-0.2, 0) is 0 Å². The number of allylic oxidation sites excluding steroid dienone is 1. The summed E-state index contributed by atoms with van der Waals surface area (Å²) in [6.45, 7) is 18.9. The van der Waals surface area contributed by atoms with Crippen molar-refractivity contribution in [1.29, 1.82) is 0 Å². The van der Waals surface area contributed by atoms with E-state index >= 15 is 0 Å². The average Bonchev–Trinajstić information content (AvgIpc) is 2.63. The quantitative estimate of drug-likeness (QED) is 0.522. The molecule has 0 unspecified atom stereocenters. The lowest BCUT2D eigenvalue weighted by Crippen LogP contribution is -2.36. The lowest BCUT2D eigenvalue weighted by molar-refractivity contribution is 0.511. The number of nitrogens with one attached hydrogen (secondary N) is 1. The van der Waals surface area contributed by atoms with E-state index in [1.165, 1.54) is 18.4 Å². The van der Waals surface area contributed by atoms with E-state index in [0.717, 1.165) is 47.9 Å². The largest absolute Gasteiger partial charge is 0.387 e. The molecule has 1 aliphatic heterocycles. The van der Waals surface area contributed by atoms with E-state index in [2.05, 4.69) is 81.4 Å². The maximum atomic E-state index is 5.01. The minimum absolute atomic E-state index is 0.594. The molecule has 1 heterocycles. The van der Waals surface area contributed by atoms with Gasteiger partial charge in [-0.05, 0) is 25.3 Å². The van der Waals surface area contributed by atoms with Gasteiger partial charge < -0.3 is 10.2 Å². The molecule has 27 heavy (non-hydrogen) atoms. The van der Waals surface area contributed by atoms with Gasteiger partial charge in [-0.2, -0.15) is 0 Å². The number of hydrogen-bond acceptors (Lipinski definition) is 3. The fraction of sp³-hybridized carbons (Fsp3) is 0.458. The van der Waals surface area contributed by atoms with Gasteiger partial charge in [-0.1, -0.05) is 76.6 Å². The molecule has 2 rings (SSSR count). The number of aliphatic imine (C=N–C) groups is 1. The normalized spacial score (nSPS) is 14.3. The zero-order chi connectivity index (χ0) is 19.8. The molecule has 0 fully saturated rings. The van der Waals surface area contributed by atoms with Crippen molar-refractivity contribution >= 4 is 11.5 Å². The maximum absolute atomic E-state index is 5.01. The van der Waals surface area contributed by atoms with Crippen molar-refractivity contribution < 1.29 is 0 Å². The molecule has 1 aromatic rings. The van der Waals surface area contributed by atoms with E-state index in [9.17, 15) is 0 Å². The first-order valence-corrected chi connectivity index (χ1v) is 10.1. The van der Waals surface area contributed by atoms with Crippen LogP contribution in [0.3, 0.4) is 0 Å². The second-order valence-corrected chi connectivity index (χ2v) is 7.84. The van der Waals surface area contributed by atoms with Gasteiger partial charge in [0.15, 0.2) is 0 Å². The van der Waals surface area contributed by atoms with Crippen molar-refractivity contribution in [2.75, 3.05) is 13.1 Å². The Labute approximate surface area is 165 Å². The standard InChI is InChI=1S/C24H35N3/c1-7-8-9-10-24-26-23(22-13-11-19(4)12-14-22)15-21(6)27(24)17-20(5)25-16-18(2)3/h11-15,18,25H,5-10,16-17H2,1-4H3. The third kappa shape index (κ3) is 6.42. The van der Waals surface area contributed by atoms with Crippen molar-refractivity contribution in [2.24, 2.45) is 10.9 Å². The number of amidine groups is 1. The lowest BCUT2D eigenvalue weighted by Gasteiger charge is -2.31. The zero-order valence-corrected chi connectivity index (χ0v) is 17.5. The molecule has 0 saturated heterocycles. The summed E-state index contributed by atoms with van der Waals surface area (Å²) in [5.74, 6) is 1.69. The summed E-state index contributed by atoms with van der Waals surface area (Å²) < 4.78 is 0. The molecule has 0 aliphatic carbocycles. The SMILES string of the molecule is C=C(CN1C(=C)C=C(c2ccc(C)cc2)N=C1CCCCC)NCC(C)C. The predicted octanol–water partition coefficient (Wildman–Crippen LogP) is 5.90. The molecule has 0 atom stereocenters. The summed E-state index contributed by atoms with van der Waals surface area (Å²) in [7, 11) is 0. The Morgan fingerprint density at radius 2 is 1.89 bits per heavy atom. The van der Waals surface area contributed by atoms with E-state index in [1.807, 2.05) is 0 Å². The average molecular weight is 366 g/mol. The van der Waals surface area contributed by atoms with Gasteiger partial charge in [0.2, 0.25) is 0 Å². The Morgan fingerprint density at radius 3 is 2.52 bits per heavy atom. The second-order valence-electron chi connectivity index (χ2n) is 7.84. The minimum Gasteiger partial charge on any atom is -0.387 e. The van der Waals surface area contributed by atoms with E-state index in [4.69, 9.17) is 4.99 Å². The highest BCUT2D eigenvalue weighted by atomic mass is 15.2. The summed E-state index contributed by atoms with van der Waals surface area (Å²) >= 11 is 0. The number of nitrogens with zero attached hydrogens (tertiary/aromatic N) is 2. The van der Waals surface area contributed by atoms with E-state index < -0.39 is 0 Å². The first-order valence-electron chi connectivity index (χ1n) is 10.1. The van der Waals surface area contributed by atoms with Crippen LogP contribution >= 0.6 is 0 Å². The Hall–Kier alpha value is -2.29. The van der Waals surface area contributed by atoms with Gasteiger partial charge in [-0.25, -0.2) is 4.99 Å².